The Balaban J connectivity index is 2.94. The molecule has 1 atom stereocenters. The monoisotopic (exact) mass is 237 g/mol. The van der Waals surface area contributed by atoms with Crippen molar-refractivity contribution in [1.82, 2.24) is 10.2 Å². The lowest BCUT2D eigenvalue weighted by Crippen LogP contribution is -2.16. The smallest absolute Gasteiger partial charge is 0.0710 e. The van der Waals surface area contributed by atoms with Gasteiger partial charge in [0.25, 0.3) is 0 Å². The lowest BCUT2D eigenvalue weighted by atomic mass is 9.87. The van der Waals surface area contributed by atoms with E-state index in [-0.39, 0.29) is 11.5 Å². The summed E-state index contributed by atoms with van der Waals surface area (Å²) in [5.74, 6) is 0. The molecule has 0 aliphatic rings. The van der Waals surface area contributed by atoms with Crippen LogP contribution in [-0.4, -0.2) is 16.2 Å². The number of rotatable bonds is 5. The van der Waals surface area contributed by atoms with Gasteiger partial charge in [0.1, 0.15) is 0 Å². The van der Waals surface area contributed by atoms with E-state index in [2.05, 4.69) is 44.8 Å². The lowest BCUT2D eigenvalue weighted by Gasteiger charge is -2.18. The second-order valence-electron chi connectivity index (χ2n) is 6.05. The number of aromatic nitrogens is 2. The van der Waals surface area contributed by atoms with Gasteiger partial charge in [-0.25, -0.2) is 0 Å². The molecule has 17 heavy (non-hydrogen) atoms. The number of aromatic amines is 1. The first-order valence-electron chi connectivity index (χ1n) is 6.68. The van der Waals surface area contributed by atoms with Crippen molar-refractivity contribution >= 4 is 0 Å². The fourth-order valence-electron chi connectivity index (χ4n) is 2.12. The molecular weight excluding hydrogens is 210 g/mol. The van der Waals surface area contributed by atoms with Gasteiger partial charge in [-0.05, 0) is 31.7 Å². The highest BCUT2D eigenvalue weighted by Gasteiger charge is 2.23. The van der Waals surface area contributed by atoms with Gasteiger partial charge in [-0.15, -0.1) is 0 Å². The van der Waals surface area contributed by atoms with Crippen molar-refractivity contribution in [3.05, 3.63) is 17.0 Å². The van der Waals surface area contributed by atoms with E-state index in [0.29, 0.717) is 0 Å². The Morgan fingerprint density at radius 1 is 1.29 bits per heavy atom. The molecule has 1 heterocycles. The lowest BCUT2D eigenvalue weighted by molar-refractivity contribution is 0.559. The number of hydrogen-bond donors (Lipinski definition) is 2. The summed E-state index contributed by atoms with van der Waals surface area (Å²) in [6.07, 6.45) is 4.30. The summed E-state index contributed by atoms with van der Waals surface area (Å²) in [5, 5.41) is 7.73. The summed E-state index contributed by atoms with van der Waals surface area (Å²) in [7, 11) is 0. The van der Waals surface area contributed by atoms with E-state index >= 15 is 0 Å². The fourth-order valence-corrected chi connectivity index (χ4v) is 2.12. The second-order valence-corrected chi connectivity index (χ2v) is 6.05. The van der Waals surface area contributed by atoms with Gasteiger partial charge in [0.2, 0.25) is 0 Å². The Bertz CT molecular complexity index is 345. The quantitative estimate of drug-likeness (QED) is 0.827. The molecular formula is C14H27N3. The Morgan fingerprint density at radius 3 is 2.41 bits per heavy atom. The summed E-state index contributed by atoms with van der Waals surface area (Å²) in [5.41, 5.74) is 9.87. The van der Waals surface area contributed by atoms with Gasteiger partial charge >= 0.3 is 0 Å². The molecule has 0 bridgehead atoms. The molecule has 0 saturated heterocycles. The van der Waals surface area contributed by atoms with Gasteiger partial charge in [0.05, 0.1) is 5.69 Å². The Labute approximate surface area is 105 Å². The van der Waals surface area contributed by atoms with Crippen molar-refractivity contribution in [1.29, 1.82) is 0 Å². The van der Waals surface area contributed by atoms with Crippen LogP contribution >= 0.6 is 0 Å². The molecule has 98 valence electrons. The summed E-state index contributed by atoms with van der Waals surface area (Å²) < 4.78 is 0. The molecule has 0 aromatic carbocycles. The largest absolute Gasteiger partial charge is 0.328 e. The van der Waals surface area contributed by atoms with Crippen LogP contribution in [0.15, 0.2) is 0 Å². The molecule has 0 aliphatic heterocycles. The topological polar surface area (TPSA) is 54.7 Å². The molecule has 3 N–H and O–H groups in total. The van der Waals surface area contributed by atoms with E-state index in [1.165, 1.54) is 17.0 Å². The first kappa shape index (κ1) is 14.2. The molecule has 0 aliphatic carbocycles. The molecule has 3 nitrogen and oxygen atoms in total. The van der Waals surface area contributed by atoms with Crippen molar-refractivity contribution in [2.24, 2.45) is 5.73 Å². The number of hydrogen-bond acceptors (Lipinski definition) is 2. The second kappa shape index (κ2) is 5.67. The molecule has 0 amide bonds. The maximum absolute atomic E-state index is 5.82. The van der Waals surface area contributed by atoms with Crippen LogP contribution < -0.4 is 5.73 Å². The van der Waals surface area contributed by atoms with Crippen LogP contribution in [0, 0.1) is 0 Å². The average Bonchev–Trinajstić information content (AvgIpc) is 2.58. The van der Waals surface area contributed by atoms with E-state index < -0.39 is 0 Å². The van der Waals surface area contributed by atoms with Gasteiger partial charge in [-0.2, -0.15) is 5.10 Å². The van der Waals surface area contributed by atoms with Gasteiger partial charge in [0, 0.05) is 17.2 Å². The van der Waals surface area contributed by atoms with E-state index in [0.717, 1.165) is 25.7 Å². The zero-order chi connectivity index (χ0) is 13.1. The normalized spacial score (nSPS) is 14.0. The third-order valence-electron chi connectivity index (χ3n) is 3.01. The molecule has 0 fully saturated rings. The van der Waals surface area contributed by atoms with Crippen LogP contribution in [0.25, 0.3) is 0 Å². The standard InChI is InChI=1S/C14H27N3/c1-6-7-11-12(9-8-10(2)15)16-17-13(11)14(3,4)5/h10H,6-9,15H2,1-5H3,(H,16,17). The fraction of sp³-hybridized carbons (Fsp3) is 0.786. The molecule has 0 saturated carbocycles. The minimum atomic E-state index is 0.119. The van der Waals surface area contributed by atoms with Crippen LogP contribution in [-0.2, 0) is 18.3 Å². The minimum Gasteiger partial charge on any atom is -0.328 e. The maximum atomic E-state index is 5.82. The Kier molecular flexibility index (Phi) is 4.75. The van der Waals surface area contributed by atoms with Crippen LogP contribution in [0.1, 0.15) is 64.4 Å². The third kappa shape index (κ3) is 3.84. The van der Waals surface area contributed by atoms with Crippen molar-refractivity contribution < 1.29 is 0 Å². The summed E-state index contributed by atoms with van der Waals surface area (Å²) >= 11 is 0. The number of H-pyrrole nitrogens is 1. The van der Waals surface area contributed by atoms with Crippen molar-refractivity contribution in [2.45, 2.75) is 71.8 Å². The van der Waals surface area contributed by atoms with Crippen LogP contribution in [0.3, 0.4) is 0 Å². The predicted octanol–water partition coefficient (Wildman–Crippen LogP) is 2.94. The zero-order valence-corrected chi connectivity index (χ0v) is 11.9. The average molecular weight is 237 g/mol. The number of nitrogens with two attached hydrogens (primary N) is 1. The first-order valence-corrected chi connectivity index (χ1v) is 6.68. The van der Waals surface area contributed by atoms with E-state index in [1.54, 1.807) is 0 Å². The van der Waals surface area contributed by atoms with Crippen molar-refractivity contribution in [3.8, 4) is 0 Å². The van der Waals surface area contributed by atoms with Crippen LogP contribution in [0.4, 0.5) is 0 Å². The highest BCUT2D eigenvalue weighted by atomic mass is 15.1. The summed E-state index contributed by atoms with van der Waals surface area (Å²) in [4.78, 5) is 0. The summed E-state index contributed by atoms with van der Waals surface area (Å²) in [6.45, 7) is 10.9. The Hall–Kier alpha value is -0.830. The molecule has 1 aromatic rings. The molecule has 0 radical (unpaired) electrons. The van der Waals surface area contributed by atoms with Gasteiger partial charge in [-0.3, -0.25) is 5.10 Å². The van der Waals surface area contributed by atoms with Crippen LogP contribution in [0.2, 0.25) is 0 Å². The van der Waals surface area contributed by atoms with E-state index in [1.807, 2.05) is 0 Å². The predicted molar refractivity (Wildman–Crippen MR) is 73.3 cm³/mol. The highest BCUT2D eigenvalue weighted by Crippen LogP contribution is 2.27. The first-order chi connectivity index (χ1) is 7.86. The number of nitrogens with one attached hydrogen (secondary N) is 1. The zero-order valence-electron chi connectivity index (χ0n) is 11.9. The molecule has 0 spiro atoms. The van der Waals surface area contributed by atoms with E-state index in [9.17, 15) is 0 Å². The highest BCUT2D eigenvalue weighted by molar-refractivity contribution is 5.30. The molecule has 1 unspecified atom stereocenters. The summed E-state index contributed by atoms with van der Waals surface area (Å²) in [6, 6.07) is 0.255. The number of aryl methyl sites for hydroxylation is 1. The maximum Gasteiger partial charge on any atom is 0.0710 e. The van der Waals surface area contributed by atoms with Crippen molar-refractivity contribution in [2.75, 3.05) is 0 Å². The van der Waals surface area contributed by atoms with Gasteiger partial charge in [0.15, 0.2) is 0 Å². The van der Waals surface area contributed by atoms with Crippen LogP contribution in [0.5, 0.6) is 0 Å². The van der Waals surface area contributed by atoms with Crippen molar-refractivity contribution in [3.63, 3.8) is 0 Å². The minimum absolute atomic E-state index is 0.119. The molecule has 3 heteroatoms. The SMILES string of the molecule is CCCc1c(C(C)(C)C)n[nH]c1CCC(C)N. The van der Waals surface area contributed by atoms with Gasteiger partial charge in [-0.1, -0.05) is 34.1 Å². The van der Waals surface area contributed by atoms with E-state index in [4.69, 9.17) is 5.73 Å². The van der Waals surface area contributed by atoms with Gasteiger partial charge < -0.3 is 5.73 Å². The molecule has 1 rings (SSSR count). The number of nitrogens with zero attached hydrogens (tertiary/aromatic N) is 1. The molecule has 1 aromatic heterocycles. The Morgan fingerprint density at radius 2 is 1.94 bits per heavy atom. The third-order valence-corrected chi connectivity index (χ3v) is 3.01.